The predicted molar refractivity (Wildman–Crippen MR) is 84.8 cm³/mol. The maximum absolute atomic E-state index is 13.1. The molecule has 0 heterocycles. The van der Waals surface area contributed by atoms with E-state index < -0.39 is 0 Å². The summed E-state index contributed by atoms with van der Waals surface area (Å²) in [6.45, 7) is 7.01. The largest absolute Gasteiger partial charge is 0.336 e. The molecule has 1 aromatic carbocycles. The van der Waals surface area contributed by atoms with Crippen molar-refractivity contribution in [1.82, 2.24) is 4.90 Å². The van der Waals surface area contributed by atoms with Gasteiger partial charge in [0.25, 0.3) is 5.91 Å². The number of carbonyl (C=O) groups excluding carboxylic acids is 1. The van der Waals surface area contributed by atoms with E-state index >= 15 is 0 Å². The van der Waals surface area contributed by atoms with Crippen LogP contribution in [-0.4, -0.2) is 23.4 Å². The Morgan fingerprint density at radius 2 is 2.11 bits per heavy atom. The van der Waals surface area contributed by atoms with E-state index in [-0.39, 0.29) is 17.8 Å². The summed E-state index contributed by atoms with van der Waals surface area (Å²) >= 11 is 2.02. The van der Waals surface area contributed by atoms with E-state index in [0.29, 0.717) is 9.13 Å². The fraction of sp³-hybridized carbons (Fsp3) is 0.533. The quantitative estimate of drug-likeness (QED) is 0.670. The highest BCUT2D eigenvalue weighted by atomic mass is 127. The van der Waals surface area contributed by atoms with E-state index in [4.69, 9.17) is 0 Å². The number of benzene rings is 1. The Balaban J connectivity index is 2.97. The zero-order chi connectivity index (χ0) is 14.4. The molecule has 0 aromatic heterocycles. The molecule has 1 atom stereocenters. The zero-order valence-electron chi connectivity index (χ0n) is 11.7. The van der Waals surface area contributed by atoms with Crippen LogP contribution < -0.4 is 0 Å². The number of hydrogen-bond acceptors (Lipinski definition) is 1. The van der Waals surface area contributed by atoms with E-state index in [0.717, 1.165) is 25.8 Å². The topological polar surface area (TPSA) is 20.3 Å². The number of amides is 1. The Morgan fingerprint density at radius 3 is 2.63 bits per heavy atom. The second-order valence-corrected chi connectivity index (χ2v) is 5.90. The minimum absolute atomic E-state index is 0.00667. The van der Waals surface area contributed by atoms with Gasteiger partial charge in [0.1, 0.15) is 5.82 Å². The molecule has 0 fully saturated rings. The van der Waals surface area contributed by atoms with Gasteiger partial charge in [-0.2, -0.15) is 0 Å². The van der Waals surface area contributed by atoms with Gasteiger partial charge in [-0.3, -0.25) is 4.79 Å². The van der Waals surface area contributed by atoms with E-state index in [1.54, 1.807) is 6.07 Å². The third-order valence-corrected chi connectivity index (χ3v) is 4.19. The number of halogens is 2. The van der Waals surface area contributed by atoms with E-state index in [2.05, 4.69) is 20.8 Å². The molecular formula is C15H21FINO. The van der Waals surface area contributed by atoms with Gasteiger partial charge in [-0.05, 0) is 60.6 Å². The maximum Gasteiger partial charge on any atom is 0.255 e. The Hall–Kier alpha value is -0.650. The molecule has 1 aromatic rings. The van der Waals surface area contributed by atoms with Gasteiger partial charge in [0, 0.05) is 16.2 Å². The summed E-state index contributed by atoms with van der Waals surface area (Å²) in [4.78, 5) is 14.5. The number of hydrogen-bond donors (Lipinski definition) is 0. The van der Waals surface area contributed by atoms with Crippen LogP contribution in [-0.2, 0) is 0 Å². The van der Waals surface area contributed by atoms with Crippen LogP contribution in [0.4, 0.5) is 4.39 Å². The number of nitrogens with zero attached hydrogens (tertiary/aromatic N) is 1. The summed E-state index contributed by atoms with van der Waals surface area (Å²) in [6, 6.07) is 4.55. The van der Waals surface area contributed by atoms with Crippen molar-refractivity contribution < 1.29 is 9.18 Å². The van der Waals surface area contributed by atoms with Gasteiger partial charge in [-0.15, -0.1) is 0 Å². The molecule has 0 aliphatic rings. The standard InChI is InChI=1S/C15H21FINO/c1-4-6-9-18(11(3)5-2)15(19)13-8-7-12(16)10-14(13)17/h7-8,10-11H,4-6,9H2,1-3H3. The molecule has 0 bridgehead atoms. The Kier molecular flexibility index (Phi) is 6.75. The highest BCUT2D eigenvalue weighted by molar-refractivity contribution is 14.1. The molecule has 1 rings (SSSR count). The van der Waals surface area contributed by atoms with Crippen LogP contribution in [0.3, 0.4) is 0 Å². The summed E-state index contributed by atoms with van der Waals surface area (Å²) in [5.41, 5.74) is 0.596. The predicted octanol–water partition coefficient (Wildman–Crippen LogP) is 4.47. The van der Waals surface area contributed by atoms with Crippen LogP contribution in [0, 0.1) is 9.39 Å². The molecule has 1 amide bonds. The van der Waals surface area contributed by atoms with Crippen molar-refractivity contribution in [3.8, 4) is 0 Å². The van der Waals surface area contributed by atoms with Crippen molar-refractivity contribution in [3.05, 3.63) is 33.1 Å². The van der Waals surface area contributed by atoms with Crippen LogP contribution in [0.1, 0.15) is 50.4 Å². The molecule has 4 heteroatoms. The van der Waals surface area contributed by atoms with Gasteiger partial charge in [0.05, 0.1) is 5.56 Å². The lowest BCUT2D eigenvalue weighted by Gasteiger charge is -2.29. The van der Waals surface area contributed by atoms with Gasteiger partial charge in [-0.25, -0.2) is 4.39 Å². The molecule has 0 radical (unpaired) electrons. The average Bonchev–Trinajstić information content (AvgIpc) is 2.38. The molecule has 1 unspecified atom stereocenters. The van der Waals surface area contributed by atoms with Crippen molar-refractivity contribution in [2.75, 3.05) is 6.54 Å². The molecule has 106 valence electrons. The number of rotatable bonds is 6. The maximum atomic E-state index is 13.1. The Morgan fingerprint density at radius 1 is 1.42 bits per heavy atom. The highest BCUT2D eigenvalue weighted by Gasteiger charge is 2.21. The minimum Gasteiger partial charge on any atom is -0.336 e. The summed E-state index contributed by atoms with van der Waals surface area (Å²) in [7, 11) is 0. The van der Waals surface area contributed by atoms with Crippen molar-refractivity contribution in [3.63, 3.8) is 0 Å². The van der Waals surface area contributed by atoms with Crippen LogP contribution in [0.2, 0.25) is 0 Å². The summed E-state index contributed by atoms with van der Waals surface area (Å²) in [5.74, 6) is -0.295. The summed E-state index contributed by atoms with van der Waals surface area (Å²) < 4.78 is 13.8. The van der Waals surface area contributed by atoms with Gasteiger partial charge < -0.3 is 4.90 Å². The fourth-order valence-corrected chi connectivity index (χ4v) is 2.60. The summed E-state index contributed by atoms with van der Waals surface area (Å²) in [6.07, 6.45) is 2.97. The summed E-state index contributed by atoms with van der Waals surface area (Å²) in [5, 5.41) is 0. The first kappa shape index (κ1) is 16.4. The Bertz CT molecular complexity index is 436. The first-order valence-corrected chi connectivity index (χ1v) is 7.85. The van der Waals surface area contributed by atoms with Crippen molar-refractivity contribution in [2.45, 2.75) is 46.1 Å². The van der Waals surface area contributed by atoms with Crippen LogP contribution in [0.15, 0.2) is 18.2 Å². The van der Waals surface area contributed by atoms with Crippen molar-refractivity contribution in [1.29, 1.82) is 0 Å². The molecule has 0 aliphatic carbocycles. The van der Waals surface area contributed by atoms with E-state index in [1.165, 1.54) is 12.1 Å². The normalized spacial score (nSPS) is 12.3. The molecule has 0 saturated heterocycles. The smallest absolute Gasteiger partial charge is 0.255 e. The van der Waals surface area contributed by atoms with Gasteiger partial charge in [0.15, 0.2) is 0 Å². The third kappa shape index (κ3) is 4.44. The third-order valence-electron chi connectivity index (χ3n) is 3.30. The van der Waals surface area contributed by atoms with Crippen LogP contribution in [0.5, 0.6) is 0 Å². The lowest BCUT2D eigenvalue weighted by molar-refractivity contribution is 0.0684. The SMILES string of the molecule is CCCCN(C(=O)c1ccc(F)cc1I)C(C)CC. The lowest BCUT2D eigenvalue weighted by atomic mass is 10.1. The lowest BCUT2D eigenvalue weighted by Crippen LogP contribution is -2.39. The highest BCUT2D eigenvalue weighted by Crippen LogP contribution is 2.18. The first-order valence-electron chi connectivity index (χ1n) is 6.77. The first-order chi connectivity index (χ1) is 9.01. The van der Waals surface area contributed by atoms with Gasteiger partial charge in [0.2, 0.25) is 0 Å². The molecule has 0 spiro atoms. The molecule has 0 N–H and O–H groups in total. The van der Waals surface area contributed by atoms with Crippen LogP contribution >= 0.6 is 22.6 Å². The Labute approximate surface area is 128 Å². The van der Waals surface area contributed by atoms with E-state index in [1.807, 2.05) is 27.5 Å². The van der Waals surface area contributed by atoms with Crippen molar-refractivity contribution >= 4 is 28.5 Å². The van der Waals surface area contributed by atoms with Crippen molar-refractivity contribution in [2.24, 2.45) is 0 Å². The second kappa shape index (κ2) is 7.82. The zero-order valence-corrected chi connectivity index (χ0v) is 13.9. The van der Waals surface area contributed by atoms with Gasteiger partial charge in [-0.1, -0.05) is 20.3 Å². The molecular weight excluding hydrogens is 356 g/mol. The average molecular weight is 377 g/mol. The minimum atomic E-state index is -0.301. The monoisotopic (exact) mass is 377 g/mol. The molecule has 19 heavy (non-hydrogen) atoms. The fourth-order valence-electron chi connectivity index (χ4n) is 1.89. The number of carbonyl (C=O) groups is 1. The molecule has 0 aliphatic heterocycles. The van der Waals surface area contributed by atoms with Crippen LogP contribution in [0.25, 0.3) is 0 Å². The second-order valence-electron chi connectivity index (χ2n) is 4.73. The van der Waals surface area contributed by atoms with Gasteiger partial charge >= 0.3 is 0 Å². The molecule has 0 saturated carbocycles. The molecule has 2 nitrogen and oxygen atoms in total. The van der Waals surface area contributed by atoms with E-state index in [9.17, 15) is 9.18 Å². The number of unbranched alkanes of at least 4 members (excludes halogenated alkanes) is 1.